The Morgan fingerprint density at radius 3 is 2.74 bits per heavy atom. The number of nitro benzene ring substituents is 1. The van der Waals surface area contributed by atoms with Crippen LogP contribution in [0.25, 0.3) is 0 Å². The number of fused-ring (bicyclic) bond motifs is 1. The highest BCUT2D eigenvalue weighted by Gasteiger charge is 2.22. The monoisotopic (exact) mass is 499 g/mol. The second-order valence-corrected chi connectivity index (χ2v) is 6.95. The first-order chi connectivity index (χ1) is 12.9. The van der Waals surface area contributed by atoms with Crippen molar-refractivity contribution in [1.82, 2.24) is 5.43 Å². The minimum absolute atomic E-state index is 0.00717. The second-order valence-electron chi connectivity index (χ2n) is 5.18. The third-order valence-corrected chi connectivity index (χ3v) is 4.48. The van der Waals surface area contributed by atoms with Crippen molar-refractivity contribution in [3.05, 3.63) is 55.0 Å². The molecule has 0 bridgehead atoms. The van der Waals surface area contributed by atoms with Gasteiger partial charge in [0, 0.05) is 4.47 Å². The van der Waals surface area contributed by atoms with Gasteiger partial charge in [0.1, 0.15) is 5.75 Å². The van der Waals surface area contributed by atoms with Crippen molar-refractivity contribution in [2.24, 2.45) is 5.10 Å². The zero-order chi connectivity index (χ0) is 19.4. The van der Waals surface area contributed by atoms with Gasteiger partial charge in [-0.3, -0.25) is 14.9 Å². The van der Waals surface area contributed by atoms with E-state index >= 15 is 0 Å². The summed E-state index contributed by atoms with van der Waals surface area (Å²) in [6.07, 6.45) is 1.16. The number of nitrogens with zero attached hydrogens (tertiary/aromatic N) is 2. The van der Waals surface area contributed by atoms with Gasteiger partial charge < -0.3 is 14.2 Å². The van der Waals surface area contributed by atoms with Crippen LogP contribution < -0.4 is 19.6 Å². The van der Waals surface area contributed by atoms with Gasteiger partial charge in [-0.25, -0.2) is 5.43 Å². The summed E-state index contributed by atoms with van der Waals surface area (Å²) in [5.41, 5.74) is 2.20. The minimum Gasteiger partial charge on any atom is -0.483 e. The second kappa shape index (κ2) is 8.35. The van der Waals surface area contributed by atoms with Gasteiger partial charge in [0.25, 0.3) is 11.6 Å². The van der Waals surface area contributed by atoms with Crippen molar-refractivity contribution >= 4 is 49.7 Å². The lowest BCUT2D eigenvalue weighted by Crippen LogP contribution is -2.24. The number of nitro groups is 1. The summed E-state index contributed by atoms with van der Waals surface area (Å²) in [6.45, 7) is -0.284. The maximum atomic E-state index is 11.8. The molecule has 0 spiro atoms. The maximum Gasteiger partial charge on any atom is 0.282 e. The van der Waals surface area contributed by atoms with Gasteiger partial charge >= 0.3 is 0 Å². The number of amides is 1. The molecule has 1 amide bonds. The fourth-order valence-electron chi connectivity index (χ4n) is 2.15. The molecule has 3 rings (SSSR count). The third kappa shape index (κ3) is 4.74. The van der Waals surface area contributed by atoms with E-state index in [9.17, 15) is 14.9 Å². The number of carbonyl (C=O) groups excluding carboxylic acids is 1. The molecule has 9 nitrogen and oxygen atoms in total. The molecule has 0 unspecified atom stereocenters. The highest BCUT2D eigenvalue weighted by molar-refractivity contribution is 9.11. The number of halogens is 2. The molecule has 2 aromatic rings. The third-order valence-electron chi connectivity index (χ3n) is 3.36. The summed E-state index contributed by atoms with van der Waals surface area (Å²) in [5.74, 6) is 0.626. The minimum atomic E-state index is -0.570. The Kier molecular flexibility index (Phi) is 5.91. The SMILES string of the molecule is O=C(COc1ccc(Br)cc1Br)N/N=C/c1cc2c(cc1[N+](=O)[O-])OCO2. The molecule has 0 saturated heterocycles. The van der Waals surface area contributed by atoms with E-state index in [0.717, 1.165) is 10.7 Å². The molecule has 0 aromatic heterocycles. The molecule has 27 heavy (non-hydrogen) atoms. The van der Waals surface area contributed by atoms with E-state index in [2.05, 4.69) is 42.4 Å². The van der Waals surface area contributed by atoms with Gasteiger partial charge in [-0.15, -0.1) is 0 Å². The summed E-state index contributed by atoms with van der Waals surface area (Å²) in [7, 11) is 0. The number of ether oxygens (including phenoxy) is 3. The van der Waals surface area contributed by atoms with Crippen molar-refractivity contribution < 1.29 is 23.9 Å². The van der Waals surface area contributed by atoms with Crippen molar-refractivity contribution in [1.29, 1.82) is 0 Å². The zero-order valence-electron chi connectivity index (χ0n) is 13.5. The molecule has 1 aliphatic rings. The summed E-state index contributed by atoms with van der Waals surface area (Å²) < 4.78 is 17.2. The number of hydrogen-bond acceptors (Lipinski definition) is 7. The first-order valence-corrected chi connectivity index (χ1v) is 9.00. The van der Waals surface area contributed by atoms with Crippen LogP contribution in [0.1, 0.15) is 5.56 Å². The number of rotatable bonds is 6. The summed E-state index contributed by atoms with van der Waals surface area (Å²) in [6, 6.07) is 7.92. The van der Waals surface area contributed by atoms with Crippen LogP contribution in [-0.2, 0) is 4.79 Å². The molecule has 2 aromatic carbocycles. The van der Waals surface area contributed by atoms with Crippen LogP contribution in [0, 0.1) is 10.1 Å². The van der Waals surface area contributed by atoms with E-state index in [1.165, 1.54) is 12.1 Å². The predicted octanol–water partition coefficient (Wildman–Crippen LogP) is 3.38. The average Bonchev–Trinajstić information content (AvgIpc) is 3.07. The van der Waals surface area contributed by atoms with Crippen molar-refractivity contribution in [2.45, 2.75) is 0 Å². The molecule has 0 radical (unpaired) electrons. The van der Waals surface area contributed by atoms with E-state index in [1.54, 1.807) is 18.2 Å². The fraction of sp³-hybridized carbons (Fsp3) is 0.125. The first kappa shape index (κ1) is 19.1. The predicted molar refractivity (Wildman–Crippen MR) is 102 cm³/mol. The van der Waals surface area contributed by atoms with Crippen LogP contribution in [0.5, 0.6) is 17.2 Å². The topological polar surface area (TPSA) is 112 Å². The Balaban J connectivity index is 1.62. The normalized spacial score (nSPS) is 12.2. The number of benzene rings is 2. The van der Waals surface area contributed by atoms with Crippen molar-refractivity contribution in [3.8, 4) is 17.2 Å². The smallest absolute Gasteiger partial charge is 0.282 e. The molecule has 1 N–H and O–H groups in total. The zero-order valence-corrected chi connectivity index (χ0v) is 16.7. The summed E-state index contributed by atoms with van der Waals surface area (Å²) in [5, 5.41) is 14.9. The van der Waals surface area contributed by atoms with Crippen LogP contribution >= 0.6 is 31.9 Å². The lowest BCUT2D eigenvalue weighted by Gasteiger charge is -2.07. The van der Waals surface area contributed by atoms with Crippen LogP contribution in [0.4, 0.5) is 5.69 Å². The van der Waals surface area contributed by atoms with E-state index in [0.29, 0.717) is 16.0 Å². The molecule has 0 atom stereocenters. The largest absolute Gasteiger partial charge is 0.483 e. The molecule has 0 fully saturated rings. The van der Waals surface area contributed by atoms with E-state index in [1.807, 2.05) is 0 Å². The molecule has 11 heteroatoms. The Morgan fingerprint density at radius 2 is 2.04 bits per heavy atom. The quantitative estimate of drug-likeness (QED) is 0.369. The summed E-state index contributed by atoms with van der Waals surface area (Å²) >= 11 is 6.64. The van der Waals surface area contributed by atoms with Crippen LogP contribution in [0.2, 0.25) is 0 Å². The lowest BCUT2D eigenvalue weighted by molar-refractivity contribution is -0.385. The average molecular weight is 501 g/mol. The lowest BCUT2D eigenvalue weighted by atomic mass is 10.1. The van der Waals surface area contributed by atoms with Gasteiger partial charge in [0.2, 0.25) is 6.79 Å². The fourth-order valence-corrected chi connectivity index (χ4v) is 3.31. The van der Waals surface area contributed by atoms with E-state index in [-0.39, 0.29) is 30.4 Å². The first-order valence-electron chi connectivity index (χ1n) is 7.42. The van der Waals surface area contributed by atoms with Crippen LogP contribution in [0.3, 0.4) is 0 Å². The van der Waals surface area contributed by atoms with Crippen LogP contribution in [-0.4, -0.2) is 30.4 Å². The molecule has 0 aliphatic carbocycles. The maximum absolute atomic E-state index is 11.8. The molecule has 1 heterocycles. The number of carbonyl (C=O) groups is 1. The molecule has 1 aliphatic heterocycles. The Labute approximate surface area is 169 Å². The highest BCUT2D eigenvalue weighted by atomic mass is 79.9. The van der Waals surface area contributed by atoms with Gasteiger partial charge in [-0.2, -0.15) is 5.10 Å². The van der Waals surface area contributed by atoms with Crippen molar-refractivity contribution in [3.63, 3.8) is 0 Å². The number of nitrogens with one attached hydrogen (secondary N) is 1. The number of hydrazone groups is 1. The van der Waals surface area contributed by atoms with Crippen molar-refractivity contribution in [2.75, 3.05) is 13.4 Å². The molecule has 140 valence electrons. The molecule has 0 saturated carbocycles. The standard InChI is InChI=1S/C16H11Br2N3O6/c17-10-1-2-13(11(18)4-10)25-7-16(22)20-19-6-9-3-14-15(27-8-26-14)5-12(9)21(23)24/h1-6H,7-8H2,(H,20,22)/b19-6+. The Bertz CT molecular complexity index is 935. The summed E-state index contributed by atoms with van der Waals surface area (Å²) in [4.78, 5) is 22.4. The van der Waals surface area contributed by atoms with E-state index in [4.69, 9.17) is 14.2 Å². The Hall–Kier alpha value is -2.66. The van der Waals surface area contributed by atoms with Gasteiger partial charge in [-0.1, -0.05) is 15.9 Å². The number of hydrogen-bond donors (Lipinski definition) is 1. The van der Waals surface area contributed by atoms with Gasteiger partial charge in [0.15, 0.2) is 18.1 Å². The molecular weight excluding hydrogens is 490 g/mol. The highest BCUT2D eigenvalue weighted by Crippen LogP contribution is 2.37. The Morgan fingerprint density at radius 1 is 1.30 bits per heavy atom. The molecular formula is C16H11Br2N3O6. The van der Waals surface area contributed by atoms with Gasteiger partial charge in [0.05, 0.1) is 27.2 Å². The van der Waals surface area contributed by atoms with Crippen LogP contribution in [0.15, 0.2) is 44.4 Å². The van der Waals surface area contributed by atoms with E-state index < -0.39 is 10.8 Å². The van der Waals surface area contributed by atoms with Gasteiger partial charge in [-0.05, 0) is 40.2 Å².